The summed E-state index contributed by atoms with van der Waals surface area (Å²) in [5.74, 6) is 0.153. The highest BCUT2D eigenvalue weighted by atomic mass is 19.1. The van der Waals surface area contributed by atoms with Crippen molar-refractivity contribution in [2.24, 2.45) is 0 Å². The quantitative estimate of drug-likeness (QED) is 0.653. The molecule has 0 aliphatic heterocycles. The summed E-state index contributed by atoms with van der Waals surface area (Å²) < 4.78 is 30.9. The van der Waals surface area contributed by atoms with Crippen molar-refractivity contribution in [1.82, 2.24) is 9.97 Å². The normalized spacial score (nSPS) is 12.0. The lowest BCUT2D eigenvalue weighted by molar-refractivity contribution is 0.127. The molecule has 1 aromatic heterocycles. The predicted molar refractivity (Wildman–Crippen MR) is 94.2 cm³/mol. The number of aliphatic hydroxyl groups is 1. The summed E-state index contributed by atoms with van der Waals surface area (Å²) in [5.41, 5.74) is 6.36. The maximum atomic E-state index is 14.1. The largest absolute Gasteiger partial charge is 0.493 e. The molecule has 3 N–H and O–H groups in total. The van der Waals surface area contributed by atoms with Gasteiger partial charge in [0.1, 0.15) is 17.8 Å². The third-order valence-electron chi connectivity index (χ3n) is 3.64. The maximum Gasteiger partial charge on any atom is 0.234 e. The van der Waals surface area contributed by atoms with Crippen LogP contribution in [0.5, 0.6) is 23.1 Å². The number of aliphatic hydroxyl groups excluding tert-OH is 1. The molecule has 1 heterocycles. The molecule has 0 unspecified atom stereocenters. The molecule has 0 bridgehead atoms. The fraction of sp³-hybridized carbons (Fsp3) is 0.222. The van der Waals surface area contributed by atoms with Crippen LogP contribution in [-0.4, -0.2) is 34.9 Å². The first kappa shape index (κ1) is 17.7. The molecule has 0 spiro atoms. The number of fused-ring (bicyclic) bond motifs is 1. The Morgan fingerprint density at radius 2 is 1.96 bits per heavy atom. The zero-order valence-corrected chi connectivity index (χ0v) is 14.3. The van der Waals surface area contributed by atoms with E-state index in [-0.39, 0.29) is 23.9 Å². The molecule has 1 atom stereocenters. The van der Waals surface area contributed by atoms with Crippen LogP contribution >= 0.6 is 0 Å². The standard InChI is InChI=1S/C18H18FN3O4/c1-10(8-23)25-17-15(24-2)6-4-13-16(17)18(22-9-21-13)26-14-5-3-11(20)7-12(14)19/h3-7,9-10,23H,8,20H2,1-2H3/t10-/m1/s1. The van der Waals surface area contributed by atoms with E-state index in [1.54, 1.807) is 19.1 Å². The van der Waals surface area contributed by atoms with Gasteiger partial charge in [0.25, 0.3) is 0 Å². The Labute approximate surface area is 149 Å². The van der Waals surface area contributed by atoms with Gasteiger partial charge in [0.05, 0.1) is 19.2 Å². The molecular weight excluding hydrogens is 341 g/mol. The van der Waals surface area contributed by atoms with Crippen molar-refractivity contribution in [3.05, 3.63) is 42.5 Å². The van der Waals surface area contributed by atoms with Crippen LogP contribution in [0.15, 0.2) is 36.7 Å². The number of aromatic nitrogens is 2. The van der Waals surface area contributed by atoms with Crippen LogP contribution < -0.4 is 19.9 Å². The molecule has 136 valence electrons. The molecule has 0 saturated heterocycles. The van der Waals surface area contributed by atoms with Crippen molar-refractivity contribution in [1.29, 1.82) is 0 Å². The summed E-state index contributed by atoms with van der Waals surface area (Å²) in [4.78, 5) is 8.29. The smallest absolute Gasteiger partial charge is 0.234 e. The number of rotatable bonds is 6. The Morgan fingerprint density at radius 1 is 1.19 bits per heavy atom. The molecule has 2 aromatic carbocycles. The van der Waals surface area contributed by atoms with Gasteiger partial charge in [0, 0.05) is 11.8 Å². The first-order valence-corrected chi connectivity index (χ1v) is 7.85. The molecule has 0 amide bonds. The van der Waals surface area contributed by atoms with Crippen molar-refractivity contribution in [2.75, 3.05) is 19.5 Å². The number of halogens is 1. The van der Waals surface area contributed by atoms with Gasteiger partial charge in [0.15, 0.2) is 23.1 Å². The summed E-state index contributed by atoms with van der Waals surface area (Å²) in [6.45, 7) is 1.50. The molecular formula is C18H18FN3O4. The zero-order valence-electron chi connectivity index (χ0n) is 14.3. The summed E-state index contributed by atoms with van der Waals surface area (Å²) in [6, 6.07) is 7.48. The summed E-state index contributed by atoms with van der Waals surface area (Å²) in [5, 5.41) is 9.71. The van der Waals surface area contributed by atoms with Crippen LogP contribution in [0.25, 0.3) is 10.9 Å². The number of nitrogens with two attached hydrogens (primary N) is 1. The van der Waals surface area contributed by atoms with Gasteiger partial charge in [-0.2, -0.15) is 0 Å². The second-order valence-electron chi connectivity index (χ2n) is 5.57. The third-order valence-corrected chi connectivity index (χ3v) is 3.64. The van der Waals surface area contributed by atoms with Gasteiger partial charge in [-0.3, -0.25) is 0 Å². The summed E-state index contributed by atoms with van der Waals surface area (Å²) in [7, 11) is 1.49. The zero-order chi connectivity index (χ0) is 18.7. The number of hydrogen-bond acceptors (Lipinski definition) is 7. The average molecular weight is 359 g/mol. The van der Waals surface area contributed by atoms with E-state index in [1.165, 1.54) is 25.6 Å². The van der Waals surface area contributed by atoms with E-state index in [0.717, 1.165) is 6.07 Å². The molecule has 0 aliphatic carbocycles. The lowest BCUT2D eigenvalue weighted by Crippen LogP contribution is -2.17. The van der Waals surface area contributed by atoms with Gasteiger partial charge in [-0.25, -0.2) is 14.4 Å². The SMILES string of the molecule is COc1ccc2ncnc(Oc3ccc(N)cc3F)c2c1O[C@H](C)CO. The number of anilines is 1. The first-order valence-electron chi connectivity index (χ1n) is 7.85. The summed E-state index contributed by atoms with van der Waals surface area (Å²) >= 11 is 0. The third kappa shape index (κ3) is 3.45. The minimum Gasteiger partial charge on any atom is -0.493 e. The molecule has 8 heteroatoms. The monoisotopic (exact) mass is 359 g/mol. The van der Waals surface area contributed by atoms with Crippen LogP contribution in [0.4, 0.5) is 10.1 Å². The predicted octanol–water partition coefficient (Wildman–Crippen LogP) is 2.91. The van der Waals surface area contributed by atoms with Crippen molar-refractivity contribution in [3.8, 4) is 23.1 Å². The minimum absolute atomic E-state index is 0.0387. The van der Waals surface area contributed by atoms with Crippen LogP contribution in [0.2, 0.25) is 0 Å². The molecule has 3 rings (SSSR count). The Bertz CT molecular complexity index is 936. The number of ether oxygens (including phenoxy) is 3. The number of methoxy groups -OCH3 is 1. The van der Waals surface area contributed by atoms with Crippen LogP contribution in [0.1, 0.15) is 6.92 Å². The van der Waals surface area contributed by atoms with Crippen molar-refractivity contribution in [3.63, 3.8) is 0 Å². The van der Waals surface area contributed by atoms with Crippen molar-refractivity contribution in [2.45, 2.75) is 13.0 Å². The first-order chi connectivity index (χ1) is 12.5. The number of nitrogen functional groups attached to an aromatic ring is 1. The second kappa shape index (κ2) is 7.40. The topological polar surface area (TPSA) is 99.7 Å². The highest BCUT2D eigenvalue weighted by Gasteiger charge is 2.20. The van der Waals surface area contributed by atoms with E-state index in [1.807, 2.05) is 0 Å². The fourth-order valence-corrected chi connectivity index (χ4v) is 2.37. The van der Waals surface area contributed by atoms with Gasteiger partial charge in [-0.05, 0) is 31.2 Å². The molecule has 0 fully saturated rings. The molecule has 0 aliphatic rings. The molecule has 7 nitrogen and oxygen atoms in total. The summed E-state index contributed by atoms with van der Waals surface area (Å²) in [6.07, 6.45) is 0.800. The number of hydrogen-bond donors (Lipinski definition) is 2. The van der Waals surface area contributed by atoms with E-state index in [2.05, 4.69) is 9.97 Å². The van der Waals surface area contributed by atoms with Gasteiger partial charge in [-0.15, -0.1) is 0 Å². The Morgan fingerprint density at radius 3 is 2.65 bits per heavy atom. The highest BCUT2D eigenvalue weighted by Crippen LogP contribution is 2.41. The number of benzene rings is 2. The van der Waals surface area contributed by atoms with Gasteiger partial charge in [-0.1, -0.05) is 0 Å². The Kier molecular flexibility index (Phi) is 5.04. The van der Waals surface area contributed by atoms with Gasteiger partial charge >= 0.3 is 0 Å². The Hall–Kier alpha value is -3.13. The maximum absolute atomic E-state index is 14.1. The van der Waals surface area contributed by atoms with Crippen molar-refractivity contribution < 1.29 is 23.7 Å². The van der Waals surface area contributed by atoms with E-state index < -0.39 is 11.9 Å². The lowest BCUT2D eigenvalue weighted by atomic mass is 10.2. The van der Waals surface area contributed by atoms with E-state index in [0.29, 0.717) is 22.4 Å². The highest BCUT2D eigenvalue weighted by molar-refractivity contribution is 5.92. The Balaban J connectivity index is 2.15. The van der Waals surface area contributed by atoms with E-state index >= 15 is 0 Å². The van der Waals surface area contributed by atoms with Crippen molar-refractivity contribution >= 4 is 16.6 Å². The molecule has 0 radical (unpaired) electrons. The minimum atomic E-state index is -0.620. The fourth-order valence-electron chi connectivity index (χ4n) is 2.37. The van der Waals surface area contributed by atoms with E-state index in [9.17, 15) is 9.50 Å². The lowest BCUT2D eigenvalue weighted by Gasteiger charge is -2.18. The second-order valence-corrected chi connectivity index (χ2v) is 5.57. The number of nitrogens with zero attached hydrogens (tertiary/aromatic N) is 2. The van der Waals surface area contributed by atoms with Gasteiger partial charge in [0.2, 0.25) is 5.88 Å². The van der Waals surface area contributed by atoms with Crippen LogP contribution in [0.3, 0.4) is 0 Å². The average Bonchev–Trinajstić information content (AvgIpc) is 2.64. The molecule has 3 aromatic rings. The van der Waals surface area contributed by atoms with E-state index in [4.69, 9.17) is 19.9 Å². The van der Waals surface area contributed by atoms with Crippen LogP contribution in [0, 0.1) is 5.82 Å². The van der Waals surface area contributed by atoms with Crippen LogP contribution in [-0.2, 0) is 0 Å². The molecule has 0 saturated carbocycles. The van der Waals surface area contributed by atoms with Gasteiger partial charge < -0.3 is 25.1 Å². The molecule has 26 heavy (non-hydrogen) atoms.